The number of hydrogen-bond donors (Lipinski definition) is 0. The minimum atomic E-state index is -0.500. The van der Waals surface area contributed by atoms with Gasteiger partial charge in [-0.1, -0.05) is 27.3 Å². The molecule has 4 rings (SSSR count). The quantitative estimate of drug-likeness (QED) is 0.295. The van der Waals surface area contributed by atoms with Crippen molar-refractivity contribution in [3.05, 3.63) is 86.8 Å². The molecule has 0 N–H and O–H groups in total. The van der Waals surface area contributed by atoms with Gasteiger partial charge >= 0.3 is 0 Å². The van der Waals surface area contributed by atoms with E-state index >= 15 is 0 Å². The van der Waals surface area contributed by atoms with E-state index in [1.807, 2.05) is 18.2 Å². The average molecular weight is 458 g/mol. The molecule has 2 aromatic carbocycles. The normalized spacial score (nSPS) is 10.9. The fraction of sp³-hybridized carbons (Fsp3) is 0.0526. The smallest absolute Gasteiger partial charge is 0.269 e. The Bertz CT molecular complexity index is 1160. The van der Waals surface area contributed by atoms with E-state index < -0.39 is 4.92 Å². The third-order valence-corrected chi connectivity index (χ3v) is 5.57. The number of halogens is 1. The number of amides is 1. The number of nitrogens with zero attached hydrogens (tertiary/aromatic N) is 3. The van der Waals surface area contributed by atoms with Crippen molar-refractivity contribution < 1.29 is 14.1 Å². The molecular weight excluding hydrogens is 446 g/mol. The first-order chi connectivity index (χ1) is 13.5. The number of carbonyl (C=O) groups is 1. The van der Waals surface area contributed by atoms with Crippen molar-refractivity contribution >= 4 is 54.2 Å². The van der Waals surface area contributed by atoms with Gasteiger partial charge in [-0.15, -0.1) is 0 Å². The van der Waals surface area contributed by atoms with Crippen molar-refractivity contribution in [2.45, 2.75) is 6.54 Å². The second-order valence-electron chi connectivity index (χ2n) is 5.88. The number of nitro groups is 1. The van der Waals surface area contributed by atoms with Gasteiger partial charge in [0, 0.05) is 22.2 Å². The Morgan fingerprint density at radius 3 is 2.68 bits per heavy atom. The summed E-state index contributed by atoms with van der Waals surface area (Å²) < 4.78 is 7.26. The van der Waals surface area contributed by atoms with E-state index in [2.05, 4.69) is 20.9 Å². The first kappa shape index (κ1) is 18.3. The minimum absolute atomic E-state index is 0.0704. The summed E-state index contributed by atoms with van der Waals surface area (Å²) in [6.45, 7) is 0.198. The Labute approximate surface area is 171 Å². The van der Waals surface area contributed by atoms with Crippen LogP contribution >= 0.6 is 27.3 Å². The van der Waals surface area contributed by atoms with Gasteiger partial charge < -0.3 is 4.42 Å². The van der Waals surface area contributed by atoms with Crippen LogP contribution in [0.3, 0.4) is 0 Å². The first-order valence-corrected chi connectivity index (χ1v) is 9.77. The molecule has 7 nitrogen and oxygen atoms in total. The van der Waals surface area contributed by atoms with Crippen LogP contribution in [0.5, 0.6) is 0 Å². The fourth-order valence-corrected chi connectivity index (χ4v) is 4.18. The lowest BCUT2D eigenvalue weighted by Gasteiger charge is -2.18. The van der Waals surface area contributed by atoms with Gasteiger partial charge in [0.2, 0.25) is 0 Å². The predicted octanol–water partition coefficient (Wildman–Crippen LogP) is 5.41. The highest BCUT2D eigenvalue weighted by Gasteiger charge is 2.23. The standard InChI is InChI=1S/C19H12BrN3O4S/c20-13-5-8-16-17(10-13)28-19(21-16)22(11-15-2-1-9-27-15)18(24)12-3-6-14(7-4-12)23(25)26/h1-10H,11H2. The fourth-order valence-electron chi connectivity index (χ4n) is 2.67. The third kappa shape index (κ3) is 3.67. The zero-order chi connectivity index (χ0) is 19.7. The van der Waals surface area contributed by atoms with Crippen LogP contribution in [0.1, 0.15) is 16.1 Å². The third-order valence-electron chi connectivity index (χ3n) is 4.03. The number of aromatic nitrogens is 1. The summed E-state index contributed by atoms with van der Waals surface area (Å²) in [4.78, 5) is 29.6. The van der Waals surface area contributed by atoms with Crippen LogP contribution < -0.4 is 4.90 Å². The van der Waals surface area contributed by atoms with Gasteiger partial charge in [-0.05, 0) is 42.5 Å². The molecule has 0 aliphatic carbocycles. The molecule has 0 bridgehead atoms. The van der Waals surface area contributed by atoms with Gasteiger partial charge in [0.05, 0.1) is 27.9 Å². The number of thiazole rings is 1. The highest BCUT2D eigenvalue weighted by atomic mass is 79.9. The van der Waals surface area contributed by atoms with Crippen molar-refractivity contribution in [2.24, 2.45) is 0 Å². The highest BCUT2D eigenvalue weighted by Crippen LogP contribution is 2.32. The summed E-state index contributed by atoms with van der Waals surface area (Å²) >= 11 is 4.83. The second kappa shape index (κ2) is 7.53. The minimum Gasteiger partial charge on any atom is -0.467 e. The largest absolute Gasteiger partial charge is 0.467 e. The van der Waals surface area contributed by atoms with E-state index in [0.29, 0.717) is 16.5 Å². The summed E-state index contributed by atoms with van der Waals surface area (Å²) in [5, 5.41) is 11.4. The van der Waals surface area contributed by atoms with E-state index in [-0.39, 0.29) is 18.1 Å². The van der Waals surface area contributed by atoms with Gasteiger partial charge in [-0.2, -0.15) is 0 Å². The van der Waals surface area contributed by atoms with E-state index in [9.17, 15) is 14.9 Å². The molecule has 0 aliphatic rings. The zero-order valence-electron chi connectivity index (χ0n) is 14.2. The molecule has 2 heterocycles. The number of benzene rings is 2. The lowest BCUT2D eigenvalue weighted by atomic mass is 10.2. The number of non-ortho nitro benzene ring substituents is 1. The topological polar surface area (TPSA) is 89.5 Å². The number of nitro benzene ring substituents is 1. The van der Waals surface area contributed by atoms with E-state index in [0.717, 1.165) is 14.7 Å². The lowest BCUT2D eigenvalue weighted by molar-refractivity contribution is -0.384. The second-order valence-corrected chi connectivity index (χ2v) is 7.81. The number of carbonyl (C=O) groups excluding carboxylic acids is 1. The summed E-state index contributed by atoms with van der Waals surface area (Å²) in [5.74, 6) is 0.292. The molecule has 4 aromatic rings. The van der Waals surface area contributed by atoms with Gasteiger partial charge in [0.25, 0.3) is 11.6 Å². The van der Waals surface area contributed by atoms with Gasteiger partial charge in [0.1, 0.15) is 5.76 Å². The van der Waals surface area contributed by atoms with Crippen molar-refractivity contribution in [1.29, 1.82) is 0 Å². The number of furan rings is 1. The van der Waals surface area contributed by atoms with Crippen LogP contribution in [-0.2, 0) is 6.54 Å². The maximum absolute atomic E-state index is 13.2. The van der Waals surface area contributed by atoms with Crippen LogP contribution in [-0.4, -0.2) is 15.8 Å². The number of rotatable bonds is 5. The summed E-state index contributed by atoms with van der Waals surface area (Å²) in [6.07, 6.45) is 1.54. The van der Waals surface area contributed by atoms with Gasteiger partial charge in [-0.25, -0.2) is 4.98 Å². The molecule has 0 fully saturated rings. The number of hydrogen-bond acceptors (Lipinski definition) is 6. The molecule has 0 saturated heterocycles. The Balaban J connectivity index is 1.73. The van der Waals surface area contributed by atoms with Gasteiger partial charge in [0.15, 0.2) is 5.13 Å². The molecular formula is C19H12BrN3O4S. The van der Waals surface area contributed by atoms with Crippen LogP contribution in [0.25, 0.3) is 10.2 Å². The van der Waals surface area contributed by atoms with Crippen molar-refractivity contribution in [3.8, 4) is 0 Å². The van der Waals surface area contributed by atoms with Crippen LogP contribution in [0, 0.1) is 10.1 Å². The molecule has 0 spiro atoms. The summed E-state index contributed by atoms with van der Waals surface area (Å²) in [7, 11) is 0. The summed E-state index contributed by atoms with van der Waals surface area (Å²) in [5.41, 5.74) is 1.04. The molecule has 2 aromatic heterocycles. The van der Waals surface area contributed by atoms with Crippen LogP contribution in [0.4, 0.5) is 10.8 Å². The Hall–Kier alpha value is -3.04. The van der Waals surface area contributed by atoms with Crippen LogP contribution in [0.2, 0.25) is 0 Å². The number of anilines is 1. The first-order valence-electron chi connectivity index (χ1n) is 8.16. The highest BCUT2D eigenvalue weighted by molar-refractivity contribution is 9.10. The van der Waals surface area contributed by atoms with Crippen LogP contribution in [0.15, 0.2) is 69.8 Å². The summed E-state index contributed by atoms with van der Waals surface area (Å²) in [6, 6.07) is 14.7. The number of fused-ring (bicyclic) bond motifs is 1. The molecule has 140 valence electrons. The van der Waals surface area contributed by atoms with E-state index in [1.54, 1.807) is 18.4 Å². The molecule has 9 heteroatoms. The molecule has 0 aliphatic heterocycles. The monoisotopic (exact) mass is 457 g/mol. The molecule has 0 atom stereocenters. The molecule has 28 heavy (non-hydrogen) atoms. The molecule has 1 amide bonds. The Morgan fingerprint density at radius 2 is 2.00 bits per heavy atom. The SMILES string of the molecule is O=C(c1ccc([N+](=O)[O-])cc1)N(Cc1ccco1)c1nc2ccc(Br)cc2s1. The van der Waals surface area contributed by atoms with Crippen molar-refractivity contribution in [2.75, 3.05) is 4.90 Å². The lowest BCUT2D eigenvalue weighted by Crippen LogP contribution is -2.30. The Morgan fingerprint density at radius 1 is 1.21 bits per heavy atom. The average Bonchev–Trinajstić information content (AvgIpc) is 3.34. The van der Waals surface area contributed by atoms with Crippen molar-refractivity contribution in [3.63, 3.8) is 0 Å². The molecule has 0 radical (unpaired) electrons. The molecule has 0 unspecified atom stereocenters. The maximum atomic E-state index is 13.2. The van der Waals surface area contributed by atoms with E-state index in [1.165, 1.54) is 40.5 Å². The van der Waals surface area contributed by atoms with Gasteiger partial charge in [-0.3, -0.25) is 19.8 Å². The predicted molar refractivity (Wildman–Crippen MR) is 110 cm³/mol. The maximum Gasteiger partial charge on any atom is 0.269 e. The Kier molecular flexibility index (Phi) is 4.93. The van der Waals surface area contributed by atoms with Crippen molar-refractivity contribution in [1.82, 2.24) is 4.98 Å². The van der Waals surface area contributed by atoms with E-state index in [4.69, 9.17) is 4.42 Å². The molecule has 0 saturated carbocycles. The zero-order valence-corrected chi connectivity index (χ0v) is 16.6.